The van der Waals surface area contributed by atoms with Crippen molar-refractivity contribution in [2.24, 2.45) is 0 Å². The predicted molar refractivity (Wildman–Crippen MR) is 61.9 cm³/mol. The molecule has 4 heteroatoms. The number of hydrogen-bond donors (Lipinski definition) is 1. The number of ether oxygens (including phenoxy) is 1. The van der Waals surface area contributed by atoms with Crippen molar-refractivity contribution in [1.82, 2.24) is 10.3 Å². The molecular formula is C12H18N2O2. The summed E-state index contributed by atoms with van der Waals surface area (Å²) in [6.45, 7) is 5.87. The quantitative estimate of drug-likeness (QED) is 0.770. The van der Waals surface area contributed by atoms with Crippen molar-refractivity contribution in [3.05, 3.63) is 30.1 Å². The lowest BCUT2D eigenvalue weighted by atomic mass is 10.1. The van der Waals surface area contributed by atoms with E-state index in [4.69, 9.17) is 4.74 Å². The number of nitrogens with one attached hydrogen (secondary N) is 1. The van der Waals surface area contributed by atoms with E-state index in [1.165, 1.54) is 0 Å². The van der Waals surface area contributed by atoms with Crippen molar-refractivity contribution < 1.29 is 9.53 Å². The molecule has 1 aromatic heterocycles. The molecule has 0 saturated carbocycles. The largest absolute Gasteiger partial charge is 0.462 e. The number of hydrogen-bond acceptors (Lipinski definition) is 4. The van der Waals surface area contributed by atoms with Gasteiger partial charge in [-0.1, -0.05) is 6.07 Å². The Bertz CT molecular complexity index is 325. The van der Waals surface area contributed by atoms with Crippen molar-refractivity contribution in [3.63, 3.8) is 0 Å². The van der Waals surface area contributed by atoms with E-state index in [0.29, 0.717) is 0 Å². The second kappa shape index (κ2) is 6.23. The van der Waals surface area contributed by atoms with Crippen LogP contribution in [0.1, 0.15) is 32.4 Å². The van der Waals surface area contributed by atoms with Gasteiger partial charge in [-0.25, -0.2) is 0 Å². The molecule has 4 nitrogen and oxygen atoms in total. The van der Waals surface area contributed by atoms with E-state index < -0.39 is 0 Å². The average molecular weight is 222 g/mol. The molecule has 1 atom stereocenters. The number of aromatic nitrogens is 1. The first-order valence-electron chi connectivity index (χ1n) is 5.42. The summed E-state index contributed by atoms with van der Waals surface area (Å²) in [6, 6.07) is 3.94. The van der Waals surface area contributed by atoms with Crippen LogP contribution in [0, 0.1) is 0 Å². The molecule has 0 spiro atoms. The van der Waals surface area contributed by atoms with Crippen molar-refractivity contribution in [2.45, 2.75) is 32.9 Å². The van der Waals surface area contributed by atoms with Crippen LogP contribution in [0.2, 0.25) is 0 Å². The fourth-order valence-corrected chi connectivity index (χ4v) is 1.29. The Balaban J connectivity index is 2.36. The molecular weight excluding hydrogens is 204 g/mol. The van der Waals surface area contributed by atoms with Gasteiger partial charge in [0.2, 0.25) is 0 Å². The van der Waals surface area contributed by atoms with Crippen LogP contribution in [-0.4, -0.2) is 23.6 Å². The third kappa shape index (κ3) is 4.40. The van der Waals surface area contributed by atoms with Crippen LogP contribution in [0.3, 0.4) is 0 Å². The lowest BCUT2D eigenvalue weighted by Crippen LogP contribution is -2.28. The van der Waals surface area contributed by atoms with Crippen LogP contribution >= 0.6 is 0 Å². The number of nitrogens with zero attached hydrogens (tertiary/aromatic N) is 1. The zero-order valence-electron chi connectivity index (χ0n) is 9.93. The van der Waals surface area contributed by atoms with E-state index in [2.05, 4.69) is 10.3 Å². The van der Waals surface area contributed by atoms with Gasteiger partial charge in [-0.05, 0) is 32.4 Å². The molecule has 0 aliphatic carbocycles. The van der Waals surface area contributed by atoms with Gasteiger partial charge < -0.3 is 10.1 Å². The molecule has 0 fully saturated rings. The van der Waals surface area contributed by atoms with E-state index in [0.717, 1.165) is 5.56 Å². The molecule has 0 aromatic carbocycles. The molecule has 1 N–H and O–H groups in total. The highest BCUT2D eigenvalue weighted by atomic mass is 16.5. The zero-order chi connectivity index (χ0) is 12.0. The molecule has 0 amide bonds. The van der Waals surface area contributed by atoms with Gasteiger partial charge in [0.05, 0.1) is 12.6 Å². The Labute approximate surface area is 96.0 Å². The topological polar surface area (TPSA) is 51.2 Å². The third-order valence-electron chi connectivity index (χ3n) is 2.10. The molecule has 1 rings (SSSR count). The van der Waals surface area contributed by atoms with E-state index in [9.17, 15) is 4.79 Å². The second-order valence-electron chi connectivity index (χ2n) is 3.93. The Morgan fingerprint density at radius 1 is 1.50 bits per heavy atom. The maximum atomic E-state index is 11.3. The fourth-order valence-electron chi connectivity index (χ4n) is 1.29. The molecule has 88 valence electrons. The molecule has 0 radical (unpaired) electrons. The Kier molecular flexibility index (Phi) is 4.92. The smallest absolute Gasteiger partial charge is 0.320 e. The predicted octanol–water partition coefficient (Wildman–Crippen LogP) is 1.68. The van der Waals surface area contributed by atoms with Crippen LogP contribution in [0.25, 0.3) is 0 Å². The third-order valence-corrected chi connectivity index (χ3v) is 2.10. The highest BCUT2D eigenvalue weighted by molar-refractivity contribution is 5.71. The standard InChI is InChI=1S/C12H18N2O2/c1-9(2)16-12(15)8-14-10(3)11-5-4-6-13-7-11/h4-7,9-10,14H,8H2,1-3H3/t10-/m1/s1. The number of pyridine rings is 1. The number of rotatable bonds is 5. The van der Waals surface area contributed by atoms with Crippen LogP contribution in [0.15, 0.2) is 24.5 Å². The Hall–Kier alpha value is -1.42. The highest BCUT2D eigenvalue weighted by Gasteiger charge is 2.09. The Morgan fingerprint density at radius 2 is 2.25 bits per heavy atom. The van der Waals surface area contributed by atoms with Gasteiger partial charge in [0.25, 0.3) is 0 Å². The van der Waals surface area contributed by atoms with Crippen LogP contribution in [0.4, 0.5) is 0 Å². The van der Waals surface area contributed by atoms with Gasteiger partial charge in [0.15, 0.2) is 0 Å². The first-order valence-corrected chi connectivity index (χ1v) is 5.42. The highest BCUT2D eigenvalue weighted by Crippen LogP contribution is 2.08. The van der Waals surface area contributed by atoms with Gasteiger partial charge in [-0.3, -0.25) is 9.78 Å². The first-order chi connectivity index (χ1) is 7.59. The van der Waals surface area contributed by atoms with Gasteiger partial charge >= 0.3 is 5.97 Å². The van der Waals surface area contributed by atoms with Gasteiger partial charge in [-0.2, -0.15) is 0 Å². The number of carbonyl (C=O) groups is 1. The maximum absolute atomic E-state index is 11.3. The van der Waals surface area contributed by atoms with Gasteiger partial charge in [-0.15, -0.1) is 0 Å². The molecule has 16 heavy (non-hydrogen) atoms. The summed E-state index contributed by atoms with van der Waals surface area (Å²) < 4.78 is 5.02. The minimum absolute atomic E-state index is 0.0667. The summed E-state index contributed by atoms with van der Waals surface area (Å²) in [4.78, 5) is 15.3. The lowest BCUT2D eigenvalue weighted by Gasteiger charge is -2.14. The summed E-state index contributed by atoms with van der Waals surface area (Å²) >= 11 is 0. The van der Waals surface area contributed by atoms with Gasteiger partial charge in [0, 0.05) is 18.4 Å². The SMILES string of the molecule is CC(C)OC(=O)CN[C@H](C)c1cccnc1. The van der Waals surface area contributed by atoms with Crippen molar-refractivity contribution in [3.8, 4) is 0 Å². The number of esters is 1. The maximum Gasteiger partial charge on any atom is 0.320 e. The molecule has 0 saturated heterocycles. The monoisotopic (exact) mass is 222 g/mol. The minimum Gasteiger partial charge on any atom is -0.462 e. The minimum atomic E-state index is -0.231. The van der Waals surface area contributed by atoms with E-state index in [1.54, 1.807) is 12.4 Å². The molecule has 0 aliphatic rings. The molecule has 0 aliphatic heterocycles. The number of carbonyl (C=O) groups excluding carboxylic acids is 1. The normalized spacial score (nSPS) is 12.5. The second-order valence-corrected chi connectivity index (χ2v) is 3.93. The van der Waals surface area contributed by atoms with Crippen molar-refractivity contribution in [1.29, 1.82) is 0 Å². The van der Waals surface area contributed by atoms with Crippen LogP contribution in [-0.2, 0) is 9.53 Å². The van der Waals surface area contributed by atoms with Crippen molar-refractivity contribution >= 4 is 5.97 Å². The van der Waals surface area contributed by atoms with Crippen LogP contribution < -0.4 is 5.32 Å². The zero-order valence-corrected chi connectivity index (χ0v) is 9.93. The van der Waals surface area contributed by atoms with E-state index in [-0.39, 0.29) is 24.7 Å². The fraction of sp³-hybridized carbons (Fsp3) is 0.500. The average Bonchev–Trinajstić information content (AvgIpc) is 2.26. The van der Waals surface area contributed by atoms with Crippen LogP contribution in [0.5, 0.6) is 0 Å². The summed E-state index contributed by atoms with van der Waals surface area (Å²) in [5.41, 5.74) is 1.06. The first kappa shape index (κ1) is 12.6. The molecule has 1 heterocycles. The molecule has 0 bridgehead atoms. The Morgan fingerprint density at radius 3 is 2.81 bits per heavy atom. The lowest BCUT2D eigenvalue weighted by molar-refractivity contribution is -0.146. The summed E-state index contributed by atoms with van der Waals surface area (Å²) in [5.74, 6) is -0.231. The summed E-state index contributed by atoms with van der Waals surface area (Å²) in [7, 11) is 0. The molecule has 1 aromatic rings. The van der Waals surface area contributed by atoms with E-state index in [1.807, 2.05) is 32.9 Å². The summed E-state index contributed by atoms with van der Waals surface area (Å²) in [6.07, 6.45) is 3.44. The van der Waals surface area contributed by atoms with E-state index >= 15 is 0 Å². The van der Waals surface area contributed by atoms with Gasteiger partial charge in [0.1, 0.15) is 0 Å². The van der Waals surface area contributed by atoms with Crippen molar-refractivity contribution in [2.75, 3.05) is 6.54 Å². The molecule has 0 unspecified atom stereocenters. The summed E-state index contributed by atoms with van der Waals surface area (Å²) in [5, 5.41) is 3.09.